The van der Waals surface area contributed by atoms with E-state index in [0.717, 1.165) is 0 Å². The highest BCUT2D eigenvalue weighted by atomic mass is 19.1. The number of nitrogens with zero attached hydrogens (tertiary/aromatic N) is 1. The van der Waals surface area contributed by atoms with Gasteiger partial charge in [0.25, 0.3) is 0 Å². The summed E-state index contributed by atoms with van der Waals surface area (Å²) in [5.41, 5.74) is 0.569. The summed E-state index contributed by atoms with van der Waals surface area (Å²) < 4.78 is 13.6. The van der Waals surface area contributed by atoms with Gasteiger partial charge in [-0.15, -0.1) is 0 Å². The first-order valence-electron chi connectivity index (χ1n) is 6.58. The lowest BCUT2D eigenvalue weighted by Gasteiger charge is -2.20. The summed E-state index contributed by atoms with van der Waals surface area (Å²) in [5.74, 6) is -0.450. The van der Waals surface area contributed by atoms with Gasteiger partial charge in [0.05, 0.1) is 6.10 Å². The normalized spacial score (nSPS) is 13.9. The van der Waals surface area contributed by atoms with Crippen molar-refractivity contribution < 1.29 is 14.3 Å². The maximum atomic E-state index is 13.6. The molecule has 2 atom stereocenters. The lowest BCUT2D eigenvalue weighted by molar-refractivity contribution is -0.130. The molecule has 0 saturated carbocycles. The Kier molecular flexibility index (Phi) is 5.96. The summed E-state index contributed by atoms with van der Waals surface area (Å²) in [7, 11) is 1.71. The zero-order valence-electron chi connectivity index (χ0n) is 11.8. The summed E-state index contributed by atoms with van der Waals surface area (Å²) in [6, 6.07) is 6.54. The average molecular weight is 267 g/mol. The van der Waals surface area contributed by atoms with Crippen molar-refractivity contribution in [1.82, 2.24) is 4.90 Å². The third-order valence-electron chi connectivity index (χ3n) is 3.22. The molecule has 0 spiro atoms. The predicted molar refractivity (Wildman–Crippen MR) is 73.4 cm³/mol. The second-order valence-electron chi connectivity index (χ2n) is 5.08. The molecule has 0 aliphatic carbocycles. The van der Waals surface area contributed by atoms with Gasteiger partial charge in [0.1, 0.15) is 5.82 Å². The zero-order chi connectivity index (χ0) is 14.4. The molecule has 1 rings (SSSR count). The van der Waals surface area contributed by atoms with Crippen molar-refractivity contribution in [3.8, 4) is 0 Å². The van der Waals surface area contributed by atoms with Gasteiger partial charge in [-0.25, -0.2) is 4.39 Å². The standard InChI is InChI=1S/C15H22FNO2/c1-11(13-6-4-5-7-14(13)16)10-15(19)17(3)9-8-12(2)18/h4-7,11-12,18H,8-10H2,1-3H3. The monoisotopic (exact) mass is 267 g/mol. The molecule has 1 N–H and O–H groups in total. The van der Waals surface area contributed by atoms with Crippen LogP contribution in [0.4, 0.5) is 4.39 Å². The van der Waals surface area contributed by atoms with Crippen molar-refractivity contribution in [2.24, 2.45) is 0 Å². The zero-order valence-corrected chi connectivity index (χ0v) is 11.8. The molecule has 0 aromatic heterocycles. The molecule has 4 heteroatoms. The first kappa shape index (κ1) is 15.6. The van der Waals surface area contributed by atoms with Gasteiger partial charge in [-0.2, -0.15) is 0 Å². The van der Waals surface area contributed by atoms with Crippen LogP contribution in [-0.2, 0) is 4.79 Å². The van der Waals surface area contributed by atoms with Crippen molar-refractivity contribution in [2.45, 2.75) is 38.7 Å². The highest BCUT2D eigenvalue weighted by Crippen LogP contribution is 2.22. The number of hydrogen-bond donors (Lipinski definition) is 1. The molecule has 0 heterocycles. The van der Waals surface area contributed by atoms with Crippen molar-refractivity contribution in [1.29, 1.82) is 0 Å². The molecule has 0 aliphatic rings. The van der Waals surface area contributed by atoms with E-state index < -0.39 is 6.10 Å². The van der Waals surface area contributed by atoms with Crippen LogP contribution in [0.1, 0.15) is 38.2 Å². The van der Waals surface area contributed by atoms with Crippen LogP contribution in [0.2, 0.25) is 0 Å². The van der Waals surface area contributed by atoms with E-state index in [2.05, 4.69) is 0 Å². The molecular formula is C15H22FNO2. The van der Waals surface area contributed by atoms with E-state index in [1.54, 1.807) is 37.1 Å². The fourth-order valence-corrected chi connectivity index (χ4v) is 1.91. The number of carbonyl (C=O) groups excluding carboxylic acids is 1. The topological polar surface area (TPSA) is 40.5 Å². The summed E-state index contributed by atoms with van der Waals surface area (Å²) in [6.45, 7) is 4.06. The van der Waals surface area contributed by atoms with Gasteiger partial charge >= 0.3 is 0 Å². The van der Waals surface area contributed by atoms with Crippen molar-refractivity contribution in [2.75, 3.05) is 13.6 Å². The Bertz CT molecular complexity index is 420. The molecule has 1 aromatic rings. The number of amides is 1. The fraction of sp³-hybridized carbons (Fsp3) is 0.533. The molecule has 19 heavy (non-hydrogen) atoms. The second kappa shape index (κ2) is 7.24. The molecule has 1 aromatic carbocycles. The first-order chi connectivity index (χ1) is 8.91. The molecule has 0 fully saturated rings. The third kappa shape index (κ3) is 4.99. The minimum absolute atomic E-state index is 0.0311. The lowest BCUT2D eigenvalue weighted by Crippen LogP contribution is -2.30. The largest absolute Gasteiger partial charge is 0.393 e. The van der Waals surface area contributed by atoms with Crippen LogP contribution in [0.5, 0.6) is 0 Å². The number of aliphatic hydroxyl groups excluding tert-OH is 1. The van der Waals surface area contributed by atoms with Crippen LogP contribution in [0.25, 0.3) is 0 Å². The van der Waals surface area contributed by atoms with Crippen LogP contribution < -0.4 is 0 Å². The SMILES string of the molecule is CC(O)CCN(C)C(=O)CC(C)c1ccccc1F. The van der Waals surface area contributed by atoms with E-state index in [-0.39, 0.29) is 24.1 Å². The summed E-state index contributed by atoms with van der Waals surface area (Å²) in [6.07, 6.45) is 0.410. The number of carbonyl (C=O) groups is 1. The molecule has 0 radical (unpaired) electrons. The average Bonchev–Trinajstić information content (AvgIpc) is 2.36. The Morgan fingerprint density at radius 3 is 2.58 bits per heavy atom. The van der Waals surface area contributed by atoms with Gasteiger partial charge in [0, 0.05) is 20.0 Å². The third-order valence-corrected chi connectivity index (χ3v) is 3.22. The van der Waals surface area contributed by atoms with E-state index in [4.69, 9.17) is 0 Å². The molecule has 2 unspecified atom stereocenters. The number of benzene rings is 1. The van der Waals surface area contributed by atoms with Crippen LogP contribution >= 0.6 is 0 Å². The Balaban J connectivity index is 2.54. The maximum Gasteiger partial charge on any atom is 0.222 e. The Hall–Kier alpha value is -1.42. The fourth-order valence-electron chi connectivity index (χ4n) is 1.91. The maximum absolute atomic E-state index is 13.6. The number of rotatable bonds is 6. The molecule has 0 saturated heterocycles. The molecule has 0 aliphatic heterocycles. The Morgan fingerprint density at radius 1 is 1.37 bits per heavy atom. The van der Waals surface area contributed by atoms with E-state index in [1.165, 1.54) is 6.07 Å². The summed E-state index contributed by atoms with van der Waals surface area (Å²) >= 11 is 0. The van der Waals surface area contributed by atoms with Crippen molar-refractivity contribution in [3.05, 3.63) is 35.6 Å². The van der Waals surface area contributed by atoms with Gasteiger partial charge in [-0.1, -0.05) is 25.1 Å². The molecular weight excluding hydrogens is 245 g/mol. The molecule has 1 amide bonds. The summed E-state index contributed by atoms with van der Waals surface area (Å²) in [5, 5.41) is 9.19. The second-order valence-corrected chi connectivity index (χ2v) is 5.08. The molecule has 0 bridgehead atoms. The van der Waals surface area contributed by atoms with E-state index in [9.17, 15) is 14.3 Å². The smallest absolute Gasteiger partial charge is 0.222 e. The Labute approximate surface area is 114 Å². The number of halogens is 1. The van der Waals surface area contributed by atoms with E-state index >= 15 is 0 Å². The van der Waals surface area contributed by atoms with Crippen LogP contribution in [-0.4, -0.2) is 35.6 Å². The minimum Gasteiger partial charge on any atom is -0.393 e. The highest BCUT2D eigenvalue weighted by Gasteiger charge is 2.17. The molecule has 3 nitrogen and oxygen atoms in total. The van der Waals surface area contributed by atoms with Crippen molar-refractivity contribution in [3.63, 3.8) is 0 Å². The number of hydrogen-bond acceptors (Lipinski definition) is 2. The van der Waals surface area contributed by atoms with Crippen LogP contribution in [0, 0.1) is 5.82 Å². The highest BCUT2D eigenvalue weighted by molar-refractivity contribution is 5.76. The van der Waals surface area contributed by atoms with Crippen molar-refractivity contribution >= 4 is 5.91 Å². The quantitative estimate of drug-likeness (QED) is 0.860. The summed E-state index contributed by atoms with van der Waals surface area (Å²) in [4.78, 5) is 13.6. The minimum atomic E-state index is -0.417. The van der Waals surface area contributed by atoms with E-state index in [0.29, 0.717) is 18.5 Å². The van der Waals surface area contributed by atoms with Crippen LogP contribution in [0.3, 0.4) is 0 Å². The first-order valence-corrected chi connectivity index (χ1v) is 6.58. The Morgan fingerprint density at radius 2 is 2.00 bits per heavy atom. The van der Waals surface area contributed by atoms with E-state index in [1.807, 2.05) is 6.92 Å². The van der Waals surface area contributed by atoms with Gasteiger partial charge < -0.3 is 10.0 Å². The van der Waals surface area contributed by atoms with Gasteiger partial charge in [0.2, 0.25) is 5.91 Å². The lowest BCUT2D eigenvalue weighted by atomic mass is 9.96. The van der Waals surface area contributed by atoms with Gasteiger partial charge in [-0.3, -0.25) is 4.79 Å². The predicted octanol–water partition coefficient (Wildman–Crippen LogP) is 2.55. The number of aliphatic hydroxyl groups is 1. The van der Waals surface area contributed by atoms with Gasteiger partial charge in [-0.05, 0) is 30.9 Å². The van der Waals surface area contributed by atoms with Gasteiger partial charge in [0.15, 0.2) is 0 Å². The van der Waals surface area contributed by atoms with Crippen LogP contribution in [0.15, 0.2) is 24.3 Å². The molecule has 106 valence electrons.